The summed E-state index contributed by atoms with van der Waals surface area (Å²) < 4.78 is 0. The molecule has 0 saturated carbocycles. The highest BCUT2D eigenvalue weighted by molar-refractivity contribution is 6.09. The van der Waals surface area contributed by atoms with Crippen LogP contribution >= 0.6 is 0 Å². The molecule has 1 N–H and O–H groups in total. The molecule has 0 bridgehead atoms. The maximum Gasteiger partial charge on any atom is 0.309 e. The first-order valence-corrected chi connectivity index (χ1v) is 14.4. The van der Waals surface area contributed by atoms with Crippen LogP contribution in [-0.4, -0.2) is 27.9 Å². The Morgan fingerprint density at radius 1 is 0.833 bits per heavy atom. The summed E-state index contributed by atoms with van der Waals surface area (Å²) in [6.07, 6.45) is 7.61. The molecule has 1 aliphatic heterocycles. The average molecular weight is 551 g/mol. The summed E-state index contributed by atoms with van der Waals surface area (Å²) in [4.78, 5) is 29.7. The van der Waals surface area contributed by atoms with Gasteiger partial charge in [-0.1, -0.05) is 91.0 Å². The third-order valence-corrected chi connectivity index (χ3v) is 8.47. The molecule has 0 radical (unpaired) electrons. The van der Waals surface area contributed by atoms with Crippen LogP contribution in [0.5, 0.6) is 0 Å². The third-order valence-electron chi connectivity index (χ3n) is 8.47. The Hall–Kier alpha value is -5.16. The molecule has 1 amide bonds. The highest BCUT2D eigenvalue weighted by atomic mass is 16.4. The van der Waals surface area contributed by atoms with Crippen molar-refractivity contribution < 1.29 is 14.7 Å². The van der Waals surface area contributed by atoms with Crippen LogP contribution in [0.2, 0.25) is 0 Å². The van der Waals surface area contributed by atoms with Crippen molar-refractivity contribution >= 4 is 45.2 Å². The molecule has 0 fully saturated rings. The van der Waals surface area contributed by atoms with Crippen molar-refractivity contribution in [1.82, 2.24) is 4.90 Å². The Balaban J connectivity index is 1.34. The van der Waals surface area contributed by atoms with E-state index in [0.29, 0.717) is 11.3 Å². The fraction of sp³-hybridized carbons (Fsp3) is 0.135. The largest absolute Gasteiger partial charge is 0.481 e. The van der Waals surface area contributed by atoms with Crippen LogP contribution in [0.15, 0.2) is 121 Å². The van der Waals surface area contributed by atoms with Crippen LogP contribution in [0.25, 0.3) is 27.6 Å². The van der Waals surface area contributed by atoms with E-state index < -0.39 is 5.97 Å². The lowest BCUT2D eigenvalue weighted by Crippen LogP contribution is -2.40. The minimum absolute atomic E-state index is 0.00725. The molecular weight excluding hydrogens is 520 g/mol. The van der Waals surface area contributed by atoms with Gasteiger partial charge in [-0.3, -0.25) is 14.5 Å². The number of aryl methyl sites for hydroxylation is 1. The van der Waals surface area contributed by atoms with Gasteiger partial charge in [0, 0.05) is 24.1 Å². The van der Waals surface area contributed by atoms with Crippen LogP contribution in [0.4, 0.5) is 5.69 Å². The Labute approximate surface area is 244 Å². The van der Waals surface area contributed by atoms with E-state index in [4.69, 9.17) is 0 Å². The number of nitrogens with zero attached hydrogens (tertiary/aromatic N) is 2. The predicted octanol–water partition coefficient (Wildman–Crippen LogP) is 7.80. The van der Waals surface area contributed by atoms with Crippen molar-refractivity contribution in [3.8, 4) is 0 Å². The predicted molar refractivity (Wildman–Crippen MR) is 168 cm³/mol. The van der Waals surface area contributed by atoms with E-state index in [2.05, 4.69) is 53.4 Å². The van der Waals surface area contributed by atoms with Gasteiger partial charge >= 0.3 is 5.97 Å². The number of hydrogen-bond donors (Lipinski definition) is 1. The second-order valence-corrected chi connectivity index (χ2v) is 11.0. The van der Waals surface area contributed by atoms with E-state index in [9.17, 15) is 14.7 Å². The molecule has 0 aromatic heterocycles. The number of carbonyl (C=O) groups excluding carboxylic acids is 1. The van der Waals surface area contributed by atoms with Gasteiger partial charge in [-0.05, 0) is 75.7 Å². The molecule has 1 unspecified atom stereocenters. The topological polar surface area (TPSA) is 60.9 Å². The van der Waals surface area contributed by atoms with Crippen molar-refractivity contribution in [1.29, 1.82) is 0 Å². The number of carboxylic acid groups (broad SMARTS) is 1. The van der Waals surface area contributed by atoms with E-state index in [0.717, 1.165) is 30.5 Å². The molecule has 7 rings (SSSR count). The Morgan fingerprint density at radius 2 is 1.60 bits per heavy atom. The van der Waals surface area contributed by atoms with E-state index in [-0.39, 0.29) is 18.4 Å². The van der Waals surface area contributed by atoms with Gasteiger partial charge in [0.1, 0.15) is 0 Å². The van der Waals surface area contributed by atoms with Crippen LogP contribution in [0.1, 0.15) is 39.9 Å². The average Bonchev–Trinajstić information content (AvgIpc) is 3.13. The molecular formula is C37H30N2O3. The number of para-hydroxylation sites is 1. The van der Waals surface area contributed by atoms with E-state index in [1.807, 2.05) is 60.7 Å². The van der Waals surface area contributed by atoms with E-state index in [1.165, 1.54) is 37.6 Å². The molecule has 5 nitrogen and oxygen atoms in total. The van der Waals surface area contributed by atoms with Gasteiger partial charge in [-0.15, -0.1) is 0 Å². The number of rotatable bonds is 5. The molecule has 1 heterocycles. The number of anilines is 1. The van der Waals surface area contributed by atoms with Crippen LogP contribution in [-0.2, 0) is 17.6 Å². The lowest BCUT2D eigenvalue weighted by atomic mass is 9.83. The molecule has 206 valence electrons. The molecule has 1 atom stereocenters. The fourth-order valence-corrected chi connectivity index (χ4v) is 6.55. The number of amides is 1. The second kappa shape index (κ2) is 10.7. The summed E-state index contributed by atoms with van der Waals surface area (Å²) in [5.41, 5.74) is 5.50. The normalized spacial score (nSPS) is 16.8. The number of carboxylic acids is 1. The van der Waals surface area contributed by atoms with Gasteiger partial charge in [0.2, 0.25) is 0 Å². The summed E-state index contributed by atoms with van der Waals surface area (Å²) in [7, 11) is 0. The minimum atomic E-state index is -0.932. The Morgan fingerprint density at radius 3 is 2.45 bits per heavy atom. The quantitative estimate of drug-likeness (QED) is 0.227. The van der Waals surface area contributed by atoms with Crippen molar-refractivity contribution in [2.45, 2.75) is 31.7 Å². The van der Waals surface area contributed by atoms with Crippen LogP contribution < -0.4 is 4.90 Å². The SMILES string of the molecule is O=C(O)CC1=CN(C=Cc2ccccc2)C(=O)c2ccccc2N1C1CCc2ccc3c(ccc4ccccc43)c2C1. The van der Waals surface area contributed by atoms with Crippen molar-refractivity contribution in [3.63, 3.8) is 0 Å². The second-order valence-electron chi connectivity index (χ2n) is 11.0. The summed E-state index contributed by atoms with van der Waals surface area (Å²) in [6, 6.07) is 34.7. The summed E-state index contributed by atoms with van der Waals surface area (Å²) in [6.45, 7) is 0. The molecule has 0 saturated heterocycles. The van der Waals surface area contributed by atoms with Crippen LogP contribution in [0, 0.1) is 0 Å². The van der Waals surface area contributed by atoms with Crippen molar-refractivity contribution in [2.24, 2.45) is 0 Å². The Kier molecular flexibility index (Phi) is 6.55. The summed E-state index contributed by atoms with van der Waals surface area (Å²) >= 11 is 0. The first-order chi connectivity index (χ1) is 20.6. The smallest absolute Gasteiger partial charge is 0.309 e. The van der Waals surface area contributed by atoms with Gasteiger partial charge < -0.3 is 10.0 Å². The van der Waals surface area contributed by atoms with Crippen molar-refractivity contribution in [3.05, 3.63) is 143 Å². The highest BCUT2D eigenvalue weighted by Crippen LogP contribution is 2.39. The van der Waals surface area contributed by atoms with Crippen LogP contribution in [0.3, 0.4) is 0 Å². The van der Waals surface area contributed by atoms with E-state index >= 15 is 0 Å². The third kappa shape index (κ3) is 4.63. The minimum Gasteiger partial charge on any atom is -0.481 e. The van der Waals surface area contributed by atoms with Gasteiger partial charge in [-0.2, -0.15) is 0 Å². The maximum absolute atomic E-state index is 13.9. The van der Waals surface area contributed by atoms with Gasteiger partial charge in [0.05, 0.1) is 17.7 Å². The zero-order valence-corrected chi connectivity index (χ0v) is 23.1. The molecule has 1 aliphatic carbocycles. The number of aliphatic carboxylic acids is 1. The number of carbonyl (C=O) groups is 2. The van der Waals surface area contributed by atoms with Crippen molar-refractivity contribution in [2.75, 3.05) is 4.90 Å². The lowest BCUT2D eigenvalue weighted by molar-refractivity contribution is -0.136. The zero-order valence-electron chi connectivity index (χ0n) is 23.1. The zero-order chi connectivity index (χ0) is 28.6. The monoisotopic (exact) mass is 550 g/mol. The molecule has 0 spiro atoms. The van der Waals surface area contributed by atoms with Gasteiger partial charge in [-0.25, -0.2) is 0 Å². The summed E-state index contributed by atoms with van der Waals surface area (Å²) in [5.74, 6) is -1.12. The van der Waals surface area contributed by atoms with Gasteiger partial charge in [0.15, 0.2) is 0 Å². The first kappa shape index (κ1) is 25.8. The standard InChI is InChI=1S/C37H30N2O3/c40-36(41)23-29-24-38(21-20-25-8-2-1-3-9-25)37(42)33-12-6-7-13-35(33)39(29)28-17-14-27-16-18-31-30-11-5-4-10-26(30)15-19-32(31)34(27)22-28/h1-13,15-16,18-21,24,28H,14,17,22-23H2,(H,40,41). The molecule has 42 heavy (non-hydrogen) atoms. The Bertz CT molecular complexity index is 1910. The van der Waals surface area contributed by atoms with Gasteiger partial charge in [0.25, 0.3) is 5.91 Å². The summed E-state index contributed by atoms with van der Waals surface area (Å²) in [5, 5.41) is 14.9. The first-order valence-electron chi connectivity index (χ1n) is 14.4. The molecule has 5 aromatic carbocycles. The number of benzene rings is 5. The maximum atomic E-state index is 13.9. The number of fused-ring (bicyclic) bond motifs is 6. The number of hydrogen-bond acceptors (Lipinski definition) is 3. The van der Waals surface area contributed by atoms with E-state index in [1.54, 1.807) is 12.4 Å². The lowest BCUT2D eigenvalue weighted by Gasteiger charge is -2.38. The fourth-order valence-electron chi connectivity index (χ4n) is 6.55. The molecule has 5 heteroatoms. The highest BCUT2D eigenvalue weighted by Gasteiger charge is 2.34. The molecule has 5 aromatic rings. The molecule has 2 aliphatic rings.